The van der Waals surface area contributed by atoms with Gasteiger partial charge in [-0.15, -0.1) is 0 Å². The van der Waals surface area contributed by atoms with E-state index in [4.69, 9.17) is 10.5 Å². The highest BCUT2D eigenvalue weighted by Crippen LogP contribution is 2.29. The van der Waals surface area contributed by atoms with Crippen molar-refractivity contribution in [3.05, 3.63) is 29.3 Å². The predicted molar refractivity (Wildman–Crippen MR) is 70.8 cm³/mol. The van der Waals surface area contributed by atoms with Crippen molar-refractivity contribution in [2.45, 2.75) is 25.8 Å². The first kappa shape index (κ1) is 12.9. The maximum atomic E-state index is 12.4. The molecular formula is C14H20N2O2. The standard InChI is InChI=1S/C14H20N2O2/c1-10-3-4-11(9-13(10)18-2)14(17)16(8-7-15)12-5-6-12/h3-4,9,12H,5-8,15H2,1-2H3. The molecule has 18 heavy (non-hydrogen) atoms. The van der Waals surface area contributed by atoms with E-state index in [0.29, 0.717) is 24.7 Å². The highest BCUT2D eigenvalue weighted by atomic mass is 16.5. The Morgan fingerprint density at radius 3 is 2.78 bits per heavy atom. The summed E-state index contributed by atoms with van der Waals surface area (Å²) in [5.74, 6) is 0.811. The van der Waals surface area contributed by atoms with Crippen LogP contribution >= 0.6 is 0 Å². The van der Waals surface area contributed by atoms with Gasteiger partial charge in [-0.1, -0.05) is 6.07 Å². The van der Waals surface area contributed by atoms with Gasteiger partial charge in [0.15, 0.2) is 0 Å². The summed E-state index contributed by atoms with van der Waals surface area (Å²) in [6.07, 6.45) is 2.18. The number of benzene rings is 1. The van der Waals surface area contributed by atoms with Crippen LogP contribution in [0.5, 0.6) is 5.75 Å². The third kappa shape index (κ3) is 2.64. The Balaban J connectivity index is 2.21. The van der Waals surface area contributed by atoms with Gasteiger partial charge in [-0.25, -0.2) is 0 Å². The summed E-state index contributed by atoms with van der Waals surface area (Å²) in [7, 11) is 1.62. The summed E-state index contributed by atoms with van der Waals surface area (Å²) in [5.41, 5.74) is 7.28. The van der Waals surface area contributed by atoms with Gasteiger partial charge in [-0.2, -0.15) is 0 Å². The molecule has 0 unspecified atom stereocenters. The largest absolute Gasteiger partial charge is 0.496 e. The molecular weight excluding hydrogens is 228 g/mol. The quantitative estimate of drug-likeness (QED) is 0.860. The Kier molecular flexibility index (Phi) is 3.87. The zero-order valence-electron chi connectivity index (χ0n) is 11.0. The Morgan fingerprint density at radius 1 is 1.50 bits per heavy atom. The minimum absolute atomic E-state index is 0.0567. The van der Waals surface area contributed by atoms with Crippen molar-refractivity contribution in [3.8, 4) is 5.75 Å². The van der Waals surface area contributed by atoms with E-state index in [2.05, 4.69) is 0 Å². The van der Waals surface area contributed by atoms with E-state index in [0.717, 1.165) is 24.2 Å². The Morgan fingerprint density at radius 2 is 2.22 bits per heavy atom. The van der Waals surface area contributed by atoms with Gasteiger partial charge in [-0.05, 0) is 37.5 Å². The second kappa shape index (κ2) is 5.40. The van der Waals surface area contributed by atoms with Crippen molar-refractivity contribution in [1.29, 1.82) is 0 Å². The number of hydrogen-bond donors (Lipinski definition) is 1. The summed E-state index contributed by atoms with van der Waals surface area (Å²) in [6.45, 7) is 3.09. The van der Waals surface area contributed by atoms with E-state index in [1.165, 1.54) is 0 Å². The SMILES string of the molecule is COc1cc(C(=O)N(CCN)C2CC2)ccc1C. The van der Waals surface area contributed by atoms with Crippen molar-refractivity contribution < 1.29 is 9.53 Å². The summed E-state index contributed by atoms with van der Waals surface area (Å²) in [6, 6.07) is 5.96. The molecule has 0 aliphatic heterocycles. The molecule has 1 aromatic rings. The van der Waals surface area contributed by atoms with Crippen LogP contribution in [0.2, 0.25) is 0 Å². The van der Waals surface area contributed by atoms with Gasteiger partial charge < -0.3 is 15.4 Å². The molecule has 1 aliphatic carbocycles. The summed E-state index contributed by atoms with van der Waals surface area (Å²) < 4.78 is 5.26. The number of aryl methyl sites for hydroxylation is 1. The molecule has 4 heteroatoms. The third-order valence-electron chi connectivity index (χ3n) is 3.27. The number of nitrogens with two attached hydrogens (primary N) is 1. The lowest BCUT2D eigenvalue weighted by Gasteiger charge is -2.22. The Hall–Kier alpha value is -1.55. The molecule has 2 N–H and O–H groups in total. The van der Waals surface area contributed by atoms with Crippen LogP contribution in [0.25, 0.3) is 0 Å². The number of carbonyl (C=O) groups excluding carboxylic acids is 1. The van der Waals surface area contributed by atoms with Gasteiger partial charge in [0.05, 0.1) is 7.11 Å². The molecule has 0 bridgehead atoms. The molecule has 1 fully saturated rings. The average molecular weight is 248 g/mol. The molecule has 0 heterocycles. The number of hydrogen-bond acceptors (Lipinski definition) is 3. The van der Waals surface area contributed by atoms with Gasteiger partial charge in [0.2, 0.25) is 0 Å². The van der Waals surface area contributed by atoms with Crippen molar-refractivity contribution >= 4 is 5.91 Å². The average Bonchev–Trinajstić information content (AvgIpc) is 3.20. The van der Waals surface area contributed by atoms with Crippen LogP contribution in [0.4, 0.5) is 0 Å². The van der Waals surface area contributed by atoms with E-state index in [1.54, 1.807) is 7.11 Å². The van der Waals surface area contributed by atoms with Crippen LogP contribution in [-0.2, 0) is 0 Å². The molecule has 0 saturated heterocycles. The summed E-state index contributed by atoms with van der Waals surface area (Å²) in [5, 5.41) is 0. The van der Waals surface area contributed by atoms with Gasteiger partial charge in [-0.3, -0.25) is 4.79 Å². The van der Waals surface area contributed by atoms with Crippen molar-refractivity contribution in [2.24, 2.45) is 5.73 Å². The Labute approximate surface area is 108 Å². The van der Waals surface area contributed by atoms with Gasteiger partial charge >= 0.3 is 0 Å². The molecule has 0 atom stereocenters. The molecule has 4 nitrogen and oxygen atoms in total. The highest BCUT2D eigenvalue weighted by molar-refractivity contribution is 5.95. The number of rotatable bonds is 5. The fraction of sp³-hybridized carbons (Fsp3) is 0.500. The smallest absolute Gasteiger partial charge is 0.254 e. The molecule has 1 saturated carbocycles. The molecule has 1 amide bonds. The lowest BCUT2D eigenvalue weighted by molar-refractivity contribution is 0.0748. The minimum Gasteiger partial charge on any atom is -0.496 e. The highest BCUT2D eigenvalue weighted by Gasteiger charge is 2.32. The van der Waals surface area contributed by atoms with Crippen molar-refractivity contribution in [3.63, 3.8) is 0 Å². The topological polar surface area (TPSA) is 55.6 Å². The lowest BCUT2D eigenvalue weighted by Crippen LogP contribution is -2.37. The maximum absolute atomic E-state index is 12.4. The van der Waals surface area contributed by atoms with E-state index < -0.39 is 0 Å². The van der Waals surface area contributed by atoms with Crippen molar-refractivity contribution in [1.82, 2.24) is 4.90 Å². The zero-order valence-corrected chi connectivity index (χ0v) is 11.0. The van der Waals surface area contributed by atoms with Gasteiger partial charge in [0, 0.05) is 24.7 Å². The lowest BCUT2D eigenvalue weighted by atomic mass is 10.1. The first-order valence-electron chi connectivity index (χ1n) is 6.33. The molecule has 98 valence electrons. The number of methoxy groups -OCH3 is 1. The van der Waals surface area contributed by atoms with E-state index in [-0.39, 0.29) is 5.91 Å². The summed E-state index contributed by atoms with van der Waals surface area (Å²) >= 11 is 0. The number of carbonyl (C=O) groups is 1. The normalized spacial score (nSPS) is 14.4. The Bertz CT molecular complexity index is 441. The van der Waals surface area contributed by atoms with Crippen LogP contribution in [0.1, 0.15) is 28.8 Å². The van der Waals surface area contributed by atoms with E-state index in [1.807, 2.05) is 30.0 Å². The fourth-order valence-corrected chi connectivity index (χ4v) is 2.09. The second-order valence-electron chi connectivity index (χ2n) is 4.70. The second-order valence-corrected chi connectivity index (χ2v) is 4.70. The predicted octanol–water partition coefficient (Wildman–Crippen LogP) is 1.57. The first-order valence-corrected chi connectivity index (χ1v) is 6.33. The number of amides is 1. The van der Waals surface area contributed by atoms with E-state index in [9.17, 15) is 4.79 Å². The maximum Gasteiger partial charge on any atom is 0.254 e. The fourth-order valence-electron chi connectivity index (χ4n) is 2.09. The van der Waals surface area contributed by atoms with Crippen LogP contribution in [0.3, 0.4) is 0 Å². The monoisotopic (exact) mass is 248 g/mol. The van der Waals surface area contributed by atoms with E-state index >= 15 is 0 Å². The van der Waals surface area contributed by atoms with Crippen LogP contribution in [-0.4, -0.2) is 37.0 Å². The molecule has 1 aromatic carbocycles. The molecule has 0 aromatic heterocycles. The molecule has 0 spiro atoms. The first-order chi connectivity index (χ1) is 8.67. The minimum atomic E-state index is 0.0567. The van der Waals surface area contributed by atoms with Gasteiger partial charge in [0.1, 0.15) is 5.75 Å². The molecule has 0 radical (unpaired) electrons. The number of ether oxygens (including phenoxy) is 1. The zero-order chi connectivity index (χ0) is 13.1. The van der Waals surface area contributed by atoms with Crippen LogP contribution in [0.15, 0.2) is 18.2 Å². The third-order valence-corrected chi connectivity index (χ3v) is 3.27. The molecule has 2 rings (SSSR count). The number of nitrogens with zero attached hydrogens (tertiary/aromatic N) is 1. The van der Waals surface area contributed by atoms with Crippen LogP contribution in [0, 0.1) is 6.92 Å². The van der Waals surface area contributed by atoms with Crippen LogP contribution < -0.4 is 10.5 Å². The van der Waals surface area contributed by atoms with Crippen molar-refractivity contribution in [2.75, 3.05) is 20.2 Å². The summed E-state index contributed by atoms with van der Waals surface area (Å²) in [4.78, 5) is 14.3. The van der Waals surface area contributed by atoms with Gasteiger partial charge in [0.25, 0.3) is 5.91 Å². The molecule has 1 aliphatic rings.